The van der Waals surface area contributed by atoms with E-state index in [1.807, 2.05) is 0 Å². The van der Waals surface area contributed by atoms with Crippen molar-refractivity contribution in [2.24, 2.45) is 11.3 Å². The molecule has 0 aromatic carbocycles. The first-order valence-electron chi connectivity index (χ1n) is 6.59. The standard InChI is InChI=1S/C14H25NO/c1-14(2,3)12-4-6-13(7-5-12)15-8-10-16-11-9-15/h6,12H,4-5,7-11H2,1-3H3. The van der Waals surface area contributed by atoms with Crippen LogP contribution in [0.2, 0.25) is 0 Å². The smallest absolute Gasteiger partial charge is 0.0642 e. The molecule has 1 unspecified atom stereocenters. The Morgan fingerprint density at radius 3 is 2.44 bits per heavy atom. The zero-order chi connectivity index (χ0) is 11.6. The van der Waals surface area contributed by atoms with Gasteiger partial charge in [-0.15, -0.1) is 0 Å². The second kappa shape index (κ2) is 4.79. The highest BCUT2D eigenvalue weighted by Crippen LogP contribution is 2.37. The lowest BCUT2D eigenvalue weighted by Gasteiger charge is -2.38. The van der Waals surface area contributed by atoms with Crippen LogP contribution in [-0.4, -0.2) is 31.2 Å². The highest BCUT2D eigenvalue weighted by atomic mass is 16.5. The van der Waals surface area contributed by atoms with Gasteiger partial charge in [0.1, 0.15) is 0 Å². The van der Waals surface area contributed by atoms with Gasteiger partial charge in [0.2, 0.25) is 0 Å². The average molecular weight is 223 g/mol. The van der Waals surface area contributed by atoms with E-state index in [1.165, 1.54) is 19.3 Å². The number of allylic oxidation sites excluding steroid dienone is 2. The van der Waals surface area contributed by atoms with E-state index in [2.05, 4.69) is 31.7 Å². The molecule has 0 bridgehead atoms. The molecule has 0 radical (unpaired) electrons. The summed E-state index contributed by atoms with van der Waals surface area (Å²) in [5.74, 6) is 0.859. The molecule has 2 nitrogen and oxygen atoms in total. The fourth-order valence-electron chi connectivity index (χ4n) is 2.74. The van der Waals surface area contributed by atoms with Crippen molar-refractivity contribution in [3.05, 3.63) is 11.8 Å². The van der Waals surface area contributed by atoms with E-state index in [-0.39, 0.29) is 0 Å². The van der Waals surface area contributed by atoms with Crippen molar-refractivity contribution in [3.8, 4) is 0 Å². The van der Waals surface area contributed by atoms with E-state index in [1.54, 1.807) is 5.70 Å². The molecule has 0 N–H and O–H groups in total. The molecule has 2 aliphatic rings. The molecule has 0 aromatic rings. The summed E-state index contributed by atoms with van der Waals surface area (Å²) < 4.78 is 5.40. The van der Waals surface area contributed by atoms with Gasteiger partial charge in [-0.2, -0.15) is 0 Å². The van der Waals surface area contributed by atoms with Crippen LogP contribution in [0.25, 0.3) is 0 Å². The van der Waals surface area contributed by atoms with E-state index in [0.29, 0.717) is 5.41 Å². The molecule has 16 heavy (non-hydrogen) atoms. The third-order valence-corrected chi connectivity index (χ3v) is 4.03. The van der Waals surface area contributed by atoms with Gasteiger partial charge in [-0.05, 0) is 30.6 Å². The monoisotopic (exact) mass is 223 g/mol. The molecule has 1 aliphatic heterocycles. The fraction of sp³-hybridized carbons (Fsp3) is 0.857. The summed E-state index contributed by atoms with van der Waals surface area (Å²) >= 11 is 0. The molecule has 1 atom stereocenters. The lowest BCUT2D eigenvalue weighted by Crippen LogP contribution is -2.37. The first kappa shape index (κ1) is 12.0. The van der Waals surface area contributed by atoms with Crippen LogP contribution in [0.4, 0.5) is 0 Å². The lowest BCUT2D eigenvalue weighted by atomic mass is 9.74. The van der Waals surface area contributed by atoms with E-state index >= 15 is 0 Å². The van der Waals surface area contributed by atoms with Crippen molar-refractivity contribution in [1.82, 2.24) is 4.90 Å². The molecule has 0 saturated carbocycles. The van der Waals surface area contributed by atoms with Crippen LogP contribution in [0, 0.1) is 11.3 Å². The highest BCUT2D eigenvalue weighted by molar-refractivity contribution is 5.07. The number of hydrogen-bond acceptors (Lipinski definition) is 2. The van der Waals surface area contributed by atoms with Crippen molar-refractivity contribution in [2.45, 2.75) is 40.0 Å². The highest BCUT2D eigenvalue weighted by Gasteiger charge is 2.27. The molecule has 92 valence electrons. The average Bonchev–Trinajstić information content (AvgIpc) is 2.29. The van der Waals surface area contributed by atoms with E-state index in [4.69, 9.17) is 4.74 Å². The van der Waals surface area contributed by atoms with E-state index in [0.717, 1.165) is 32.2 Å². The molecule has 0 spiro atoms. The van der Waals surface area contributed by atoms with Crippen LogP contribution in [0.1, 0.15) is 40.0 Å². The van der Waals surface area contributed by atoms with Crippen molar-refractivity contribution >= 4 is 0 Å². The molecular weight excluding hydrogens is 198 g/mol. The number of hydrogen-bond donors (Lipinski definition) is 0. The summed E-state index contributed by atoms with van der Waals surface area (Å²) in [5.41, 5.74) is 2.04. The van der Waals surface area contributed by atoms with Gasteiger partial charge in [0.05, 0.1) is 13.2 Å². The van der Waals surface area contributed by atoms with Crippen LogP contribution in [0.5, 0.6) is 0 Å². The second-order valence-corrected chi connectivity index (χ2v) is 6.13. The van der Waals surface area contributed by atoms with Crippen LogP contribution < -0.4 is 0 Å². The third kappa shape index (κ3) is 2.79. The van der Waals surface area contributed by atoms with Gasteiger partial charge in [-0.1, -0.05) is 26.8 Å². The molecule has 1 fully saturated rings. The molecule has 1 saturated heterocycles. The lowest BCUT2D eigenvalue weighted by molar-refractivity contribution is 0.0495. The third-order valence-electron chi connectivity index (χ3n) is 4.03. The van der Waals surface area contributed by atoms with Crippen molar-refractivity contribution in [1.29, 1.82) is 0 Å². The zero-order valence-electron chi connectivity index (χ0n) is 11.0. The topological polar surface area (TPSA) is 12.5 Å². The largest absolute Gasteiger partial charge is 0.378 e. The van der Waals surface area contributed by atoms with Crippen LogP contribution >= 0.6 is 0 Å². The Balaban J connectivity index is 1.92. The van der Waals surface area contributed by atoms with Crippen molar-refractivity contribution in [2.75, 3.05) is 26.3 Å². The van der Waals surface area contributed by atoms with Gasteiger partial charge in [-0.25, -0.2) is 0 Å². The normalized spacial score (nSPS) is 27.8. The van der Waals surface area contributed by atoms with Crippen LogP contribution in [-0.2, 0) is 4.74 Å². The fourth-order valence-corrected chi connectivity index (χ4v) is 2.74. The maximum Gasteiger partial charge on any atom is 0.0642 e. The Hall–Kier alpha value is -0.500. The Labute approximate surface area is 99.7 Å². The zero-order valence-corrected chi connectivity index (χ0v) is 11.0. The number of morpholine rings is 1. The van der Waals surface area contributed by atoms with E-state index in [9.17, 15) is 0 Å². The second-order valence-electron chi connectivity index (χ2n) is 6.13. The Bertz CT molecular complexity index is 258. The van der Waals surface area contributed by atoms with Gasteiger partial charge in [0.15, 0.2) is 0 Å². The molecule has 1 heterocycles. The molecule has 1 aliphatic carbocycles. The maximum absolute atomic E-state index is 5.40. The predicted molar refractivity (Wildman–Crippen MR) is 67.3 cm³/mol. The quantitative estimate of drug-likeness (QED) is 0.677. The molecule has 0 aromatic heterocycles. The summed E-state index contributed by atoms with van der Waals surface area (Å²) in [4.78, 5) is 2.52. The maximum atomic E-state index is 5.40. The Morgan fingerprint density at radius 1 is 1.25 bits per heavy atom. The predicted octanol–water partition coefficient (Wildman–Crippen LogP) is 3.05. The summed E-state index contributed by atoms with van der Waals surface area (Å²) in [6, 6.07) is 0. The first-order chi connectivity index (χ1) is 7.57. The van der Waals surface area contributed by atoms with Gasteiger partial charge >= 0.3 is 0 Å². The minimum absolute atomic E-state index is 0.465. The number of nitrogens with zero attached hydrogens (tertiary/aromatic N) is 1. The van der Waals surface area contributed by atoms with Gasteiger partial charge in [0, 0.05) is 18.8 Å². The summed E-state index contributed by atoms with van der Waals surface area (Å²) in [5, 5.41) is 0. The summed E-state index contributed by atoms with van der Waals surface area (Å²) in [6.07, 6.45) is 6.36. The molecule has 2 rings (SSSR count). The minimum Gasteiger partial charge on any atom is -0.378 e. The molecule has 0 amide bonds. The Morgan fingerprint density at radius 2 is 1.94 bits per heavy atom. The van der Waals surface area contributed by atoms with Crippen molar-refractivity contribution < 1.29 is 4.74 Å². The minimum atomic E-state index is 0.465. The van der Waals surface area contributed by atoms with Crippen LogP contribution in [0.15, 0.2) is 11.8 Å². The summed E-state index contributed by atoms with van der Waals surface area (Å²) in [6.45, 7) is 11.1. The number of rotatable bonds is 1. The molecular formula is C14H25NO. The van der Waals surface area contributed by atoms with Crippen molar-refractivity contribution in [3.63, 3.8) is 0 Å². The first-order valence-corrected chi connectivity index (χ1v) is 6.59. The van der Waals surface area contributed by atoms with Crippen LogP contribution in [0.3, 0.4) is 0 Å². The van der Waals surface area contributed by atoms with Gasteiger partial charge in [0.25, 0.3) is 0 Å². The Kier molecular flexibility index (Phi) is 3.58. The van der Waals surface area contributed by atoms with E-state index < -0.39 is 0 Å². The SMILES string of the molecule is CC(C)(C)C1CC=C(N2CCOCC2)CC1. The number of ether oxygens (including phenoxy) is 1. The summed E-state index contributed by atoms with van der Waals surface area (Å²) in [7, 11) is 0. The molecule has 2 heteroatoms. The van der Waals surface area contributed by atoms with Gasteiger partial charge in [-0.3, -0.25) is 0 Å². The van der Waals surface area contributed by atoms with Gasteiger partial charge < -0.3 is 9.64 Å².